The molecule has 0 spiro atoms. The molecule has 0 amide bonds. The summed E-state index contributed by atoms with van der Waals surface area (Å²) in [6, 6.07) is 8.16. The van der Waals surface area contributed by atoms with Crippen LogP contribution in [0.4, 0.5) is 0 Å². The van der Waals surface area contributed by atoms with Crippen LogP contribution in [-0.4, -0.2) is 29.4 Å². The van der Waals surface area contributed by atoms with Gasteiger partial charge in [-0.1, -0.05) is 36.4 Å². The van der Waals surface area contributed by atoms with Crippen LogP contribution in [0.3, 0.4) is 0 Å². The van der Waals surface area contributed by atoms with Crippen LogP contribution >= 0.6 is 0 Å². The number of benzene rings is 1. The lowest BCUT2D eigenvalue weighted by atomic mass is 9.81. The molecular weight excluding hydrogens is 268 g/mol. The Labute approximate surface area is 124 Å². The first kappa shape index (κ1) is 14.3. The lowest BCUT2D eigenvalue weighted by molar-refractivity contribution is -0.143. The molecule has 2 saturated heterocycles. The summed E-state index contributed by atoms with van der Waals surface area (Å²) in [6.07, 6.45) is 1.87. The van der Waals surface area contributed by atoms with E-state index in [1.807, 2.05) is 31.2 Å². The topological polar surface area (TPSA) is 55.8 Å². The first-order valence-electron chi connectivity index (χ1n) is 7.31. The van der Waals surface area contributed by atoms with Crippen molar-refractivity contribution in [3.63, 3.8) is 0 Å². The largest absolute Gasteiger partial charge is 0.478 e. The van der Waals surface area contributed by atoms with E-state index < -0.39 is 11.6 Å². The summed E-state index contributed by atoms with van der Waals surface area (Å²) in [7, 11) is 0. The van der Waals surface area contributed by atoms with Crippen molar-refractivity contribution in [3.05, 3.63) is 47.5 Å². The number of aliphatic carboxylic acids is 1. The van der Waals surface area contributed by atoms with Gasteiger partial charge in [0.15, 0.2) is 0 Å². The maximum atomic E-state index is 11.4. The van der Waals surface area contributed by atoms with Crippen LogP contribution in [0.25, 0.3) is 0 Å². The second-order valence-corrected chi connectivity index (χ2v) is 5.89. The van der Waals surface area contributed by atoms with E-state index in [-0.39, 0.29) is 17.8 Å². The monoisotopic (exact) mass is 288 g/mol. The molecule has 3 unspecified atom stereocenters. The summed E-state index contributed by atoms with van der Waals surface area (Å²) in [5.41, 5.74) is 1.49. The van der Waals surface area contributed by atoms with Crippen molar-refractivity contribution in [3.8, 4) is 0 Å². The molecule has 1 N–H and O–H groups in total. The van der Waals surface area contributed by atoms with E-state index in [0.29, 0.717) is 13.0 Å². The van der Waals surface area contributed by atoms with Gasteiger partial charge in [0.1, 0.15) is 5.60 Å². The molecule has 112 valence electrons. The van der Waals surface area contributed by atoms with Gasteiger partial charge in [-0.3, -0.25) is 0 Å². The number of rotatable bonds is 3. The summed E-state index contributed by atoms with van der Waals surface area (Å²) >= 11 is 0. The molecule has 0 aromatic heterocycles. The highest BCUT2D eigenvalue weighted by molar-refractivity contribution is 5.88. The van der Waals surface area contributed by atoms with Gasteiger partial charge in [-0.25, -0.2) is 4.79 Å². The average molecular weight is 288 g/mol. The number of carbonyl (C=O) groups is 1. The van der Waals surface area contributed by atoms with E-state index >= 15 is 0 Å². The zero-order chi connectivity index (χ0) is 15.0. The first-order chi connectivity index (χ1) is 10.0. The Bertz CT molecular complexity index is 563. The minimum atomic E-state index is -1.00. The molecule has 21 heavy (non-hydrogen) atoms. The first-order valence-corrected chi connectivity index (χ1v) is 7.31. The Morgan fingerprint density at radius 3 is 2.76 bits per heavy atom. The molecule has 1 aromatic carbocycles. The minimum absolute atomic E-state index is 0.113. The molecule has 2 aliphatic rings. The third kappa shape index (κ3) is 2.39. The highest BCUT2D eigenvalue weighted by atomic mass is 16.6. The Hall–Kier alpha value is -1.65. The summed E-state index contributed by atoms with van der Waals surface area (Å²) in [5, 5.41) is 9.33. The molecule has 0 radical (unpaired) electrons. The van der Waals surface area contributed by atoms with E-state index in [4.69, 9.17) is 9.47 Å². The predicted octanol–water partition coefficient (Wildman–Crippen LogP) is 3.02. The van der Waals surface area contributed by atoms with Crippen LogP contribution < -0.4 is 0 Å². The quantitative estimate of drug-likeness (QED) is 0.869. The van der Waals surface area contributed by atoms with Gasteiger partial charge in [-0.2, -0.15) is 0 Å². The van der Waals surface area contributed by atoms with E-state index in [9.17, 15) is 9.90 Å². The van der Waals surface area contributed by atoms with Crippen LogP contribution in [0.2, 0.25) is 0 Å². The summed E-state index contributed by atoms with van der Waals surface area (Å²) < 4.78 is 12.0. The van der Waals surface area contributed by atoms with E-state index in [2.05, 4.69) is 6.58 Å². The fourth-order valence-electron chi connectivity index (χ4n) is 3.30. The maximum Gasteiger partial charge on any atom is 0.334 e. The van der Waals surface area contributed by atoms with Crippen LogP contribution in [-0.2, 0) is 14.3 Å². The average Bonchev–Trinajstić information content (AvgIpc) is 2.87. The van der Waals surface area contributed by atoms with E-state index in [1.165, 1.54) is 5.56 Å². The molecule has 3 rings (SSSR count). The summed E-state index contributed by atoms with van der Waals surface area (Å²) in [5.74, 6) is -1.00. The molecule has 0 aliphatic carbocycles. The molecule has 2 aliphatic heterocycles. The van der Waals surface area contributed by atoms with Crippen LogP contribution in [0.5, 0.6) is 0 Å². The third-order valence-corrected chi connectivity index (χ3v) is 4.53. The molecule has 4 nitrogen and oxygen atoms in total. The normalized spacial score (nSPS) is 31.7. The van der Waals surface area contributed by atoms with Gasteiger partial charge >= 0.3 is 5.97 Å². The van der Waals surface area contributed by atoms with Crippen molar-refractivity contribution in [2.24, 2.45) is 0 Å². The van der Waals surface area contributed by atoms with Gasteiger partial charge in [0.2, 0.25) is 0 Å². The maximum absolute atomic E-state index is 11.4. The van der Waals surface area contributed by atoms with Crippen LogP contribution in [0.1, 0.15) is 36.5 Å². The number of fused-ring (bicyclic) bond motifs is 1. The van der Waals surface area contributed by atoms with E-state index in [0.717, 1.165) is 18.4 Å². The molecular formula is C17H20O4. The molecule has 4 heteroatoms. The lowest BCUT2D eigenvalue weighted by Gasteiger charge is -2.37. The van der Waals surface area contributed by atoms with Crippen LogP contribution in [0, 0.1) is 6.92 Å². The van der Waals surface area contributed by atoms with Crippen molar-refractivity contribution in [2.45, 2.75) is 44.0 Å². The minimum Gasteiger partial charge on any atom is -0.478 e. The fraction of sp³-hybridized carbons (Fsp3) is 0.471. The van der Waals surface area contributed by atoms with Crippen molar-refractivity contribution in [1.29, 1.82) is 0 Å². The van der Waals surface area contributed by atoms with Gasteiger partial charge in [0, 0.05) is 13.0 Å². The standard InChI is InChI=1S/C17H20O4/c1-11-5-7-13(8-6-11)14-10-17(12(2)16(18)19)15(21-14)4-3-9-20-17/h5-8,14-15H,2-4,9-10H2,1H3,(H,18,19). The zero-order valence-corrected chi connectivity index (χ0v) is 12.2. The number of carboxylic acid groups (broad SMARTS) is 1. The van der Waals surface area contributed by atoms with Gasteiger partial charge in [-0.15, -0.1) is 0 Å². The summed E-state index contributed by atoms with van der Waals surface area (Å²) in [4.78, 5) is 11.4. The number of hydrogen-bond donors (Lipinski definition) is 1. The number of ether oxygens (including phenoxy) is 2. The van der Waals surface area contributed by atoms with Crippen LogP contribution in [0.15, 0.2) is 36.4 Å². The highest BCUT2D eigenvalue weighted by Crippen LogP contribution is 2.49. The molecule has 0 bridgehead atoms. The van der Waals surface area contributed by atoms with Gasteiger partial charge in [0.25, 0.3) is 0 Å². The zero-order valence-electron chi connectivity index (χ0n) is 12.2. The third-order valence-electron chi connectivity index (χ3n) is 4.53. The number of hydrogen-bond acceptors (Lipinski definition) is 3. The Morgan fingerprint density at radius 2 is 2.10 bits per heavy atom. The number of aryl methyl sites for hydroxylation is 1. The summed E-state index contributed by atoms with van der Waals surface area (Å²) in [6.45, 7) is 6.35. The second-order valence-electron chi connectivity index (χ2n) is 5.89. The molecule has 2 fully saturated rings. The van der Waals surface area contributed by atoms with Gasteiger partial charge < -0.3 is 14.6 Å². The smallest absolute Gasteiger partial charge is 0.334 e. The Kier molecular flexibility index (Phi) is 3.59. The molecule has 3 atom stereocenters. The fourth-order valence-corrected chi connectivity index (χ4v) is 3.30. The van der Waals surface area contributed by atoms with Crippen molar-refractivity contribution in [2.75, 3.05) is 6.61 Å². The highest BCUT2D eigenvalue weighted by Gasteiger charge is 2.54. The Morgan fingerprint density at radius 1 is 1.38 bits per heavy atom. The van der Waals surface area contributed by atoms with E-state index in [1.54, 1.807) is 0 Å². The second kappa shape index (κ2) is 5.28. The van der Waals surface area contributed by atoms with Crippen molar-refractivity contribution >= 4 is 5.97 Å². The van der Waals surface area contributed by atoms with Gasteiger partial charge in [-0.05, 0) is 25.3 Å². The predicted molar refractivity (Wildman–Crippen MR) is 78.1 cm³/mol. The lowest BCUT2D eigenvalue weighted by Crippen LogP contribution is -2.48. The SMILES string of the molecule is C=C(C(=O)O)C12CC(c3ccc(C)cc3)OC1CCCO2. The van der Waals surface area contributed by atoms with Crippen molar-refractivity contribution < 1.29 is 19.4 Å². The van der Waals surface area contributed by atoms with Gasteiger partial charge in [0.05, 0.1) is 17.8 Å². The number of carboxylic acids is 1. The van der Waals surface area contributed by atoms with Crippen molar-refractivity contribution in [1.82, 2.24) is 0 Å². The Balaban J connectivity index is 1.90. The molecule has 2 heterocycles. The molecule has 0 saturated carbocycles. The molecule has 1 aromatic rings.